The quantitative estimate of drug-likeness (QED) is 0.371. The Hall–Kier alpha value is -3.59. The number of nitrogens with one attached hydrogen (secondary N) is 1. The van der Waals surface area contributed by atoms with Gasteiger partial charge >= 0.3 is 12.2 Å². The van der Waals surface area contributed by atoms with Crippen LogP contribution < -0.4 is 26.4 Å². The Morgan fingerprint density at radius 3 is 2.53 bits per heavy atom. The molecule has 43 heavy (non-hydrogen) atoms. The van der Waals surface area contributed by atoms with E-state index in [9.17, 15) is 17.6 Å². The number of nitrogens with zero attached hydrogens (tertiary/aromatic N) is 6. The molecule has 2 unspecified atom stereocenters. The number of hydrogen-bond donors (Lipinski definition) is 3. The van der Waals surface area contributed by atoms with Gasteiger partial charge in [-0.15, -0.1) is 0 Å². The van der Waals surface area contributed by atoms with Crippen molar-refractivity contribution in [2.24, 2.45) is 0 Å². The van der Waals surface area contributed by atoms with Gasteiger partial charge in [-0.2, -0.15) is 23.1 Å². The summed E-state index contributed by atoms with van der Waals surface area (Å²) in [4.78, 5) is 21.0. The SMILES string of the molecule is Cc1cc(N)nc(-c2nc(N)c3c(N4CC5CCC(C4)N5)nc(OC[C@@]45CCCN4C[C@H](F)C5)nc3c2F)c1C(F)(F)F. The molecule has 4 fully saturated rings. The molecule has 10 nitrogen and oxygen atoms in total. The summed E-state index contributed by atoms with van der Waals surface area (Å²) >= 11 is 0. The number of piperazine rings is 1. The lowest BCUT2D eigenvalue weighted by atomic mass is 9.95. The van der Waals surface area contributed by atoms with Crippen LogP contribution in [0.4, 0.5) is 39.4 Å². The second-order valence-electron chi connectivity index (χ2n) is 12.2. The van der Waals surface area contributed by atoms with E-state index in [0.29, 0.717) is 26.1 Å². The fraction of sp³-hybridized carbons (Fsp3) is 0.571. The maximum Gasteiger partial charge on any atom is 0.418 e. The van der Waals surface area contributed by atoms with Gasteiger partial charge in [-0.25, -0.2) is 18.7 Å². The Morgan fingerprint density at radius 1 is 1.07 bits per heavy atom. The Labute approximate surface area is 244 Å². The van der Waals surface area contributed by atoms with Gasteiger partial charge in [0.05, 0.1) is 16.5 Å². The molecule has 230 valence electrons. The smallest absolute Gasteiger partial charge is 0.418 e. The third-order valence-corrected chi connectivity index (χ3v) is 9.26. The molecule has 5 N–H and O–H groups in total. The molecule has 4 aliphatic rings. The normalized spacial score (nSPS) is 27.3. The Balaban J connectivity index is 1.38. The first-order chi connectivity index (χ1) is 20.4. The number of ether oxygens (including phenoxy) is 1. The predicted molar refractivity (Wildman–Crippen MR) is 150 cm³/mol. The van der Waals surface area contributed by atoms with E-state index in [2.05, 4.69) is 30.2 Å². The van der Waals surface area contributed by atoms with Crippen LogP contribution >= 0.6 is 0 Å². The van der Waals surface area contributed by atoms with Crippen molar-refractivity contribution in [1.29, 1.82) is 0 Å². The van der Waals surface area contributed by atoms with Crippen LogP contribution in [0.25, 0.3) is 22.3 Å². The zero-order valence-corrected chi connectivity index (χ0v) is 23.5. The number of rotatable bonds is 5. The van der Waals surface area contributed by atoms with E-state index in [1.165, 1.54) is 6.92 Å². The number of halogens is 5. The van der Waals surface area contributed by atoms with E-state index in [1.807, 2.05) is 4.90 Å². The summed E-state index contributed by atoms with van der Waals surface area (Å²) in [6, 6.07) is 1.27. The standard InChI is InChI=1S/C28H32F5N9O/c1-13-7-17(34)37-22(19(13)28(31,32)33)23-20(30)21-18(24(35)38-23)25(41-10-15-3-4-16(11-41)36-15)40-26(39-21)43-12-27-5-2-6-42(27)9-14(29)8-27/h7,14-16,36H,2-6,8-12H2,1H3,(H2,34,37)(H2,35,38)/t14-,15?,16?,27+/m1/s1. The van der Waals surface area contributed by atoms with Crippen molar-refractivity contribution in [1.82, 2.24) is 30.2 Å². The molecule has 0 spiro atoms. The van der Waals surface area contributed by atoms with Crippen molar-refractivity contribution in [3.63, 3.8) is 0 Å². The third-order valence-electron chi connectivity index (χ3n) is 9.26. The maximum atomic E-state index is 16.5. The minimum Gasteiger partial charge on any atom is -0.461 e. The Bertz CT molecular complexity index is 1590. The fourth-order valence-electron chi connectivity index (χ4n) is 7.46. The average Bonchev–Trinajstić information content (AvgIpc) is 3.58. The molecule has 0 saturated carbocycles. The van der Waals surface area contributed by atoms with E-state index < -0.39 is 40.7 Å². The van der Waals surface area contributed by atoms with Gasteiger partial charge in [-0.1, -0.05) is 0 Å². The van der Waals surface area contributed by atoms with Gasteiger partial charge in [-0.05, 0) is 50.8 Å². The summed E-state index contributed by atoms with van der Waals surface area (Å²) in [5, 5.41) is 3.60. The van der Waals surface area contributed by atoms with E-state index >= 15 is 4.39 Å². The fourth-order valence-corrected chi connectivity index (χ4v) is 7.46. The van der Waals surface area contributed by atoms with Crippen LogP contribution in [0.3, 0.4) is 0 Å². The zero-order valence-electron chi connectivity index (χ0n) is 23.5. The van der Waals surface area contributed by atoms with Crippen LogP contribution in [0.5, 0.6) is 6.01 Å². The molecule has 7 heterocycles. The highest BCUT2D eigenvalue weighted by Gasteiger charge is 2.49. The predicted octanol–water partition coefficient (Wildman–Crippen LogP) is 3.61. The van der Waals surface area contributed by atoms with Gasteiger partial charge in [0.25, 0.3) is 0 Å². The number of pyridine rings is 2. The van der Waals surface area contributed by atoms with E-state index in [0.717, 1.165) is 38.3 Å². The molecule has 7 rings (SSSR count). The molecule has 3 aromatic heterocycles. The molecule has 0 amide bonds. The molecular weight excluding hydrogens is 573 g/mol. The van der Waals surface area contributed by atoms with E-state index in [-0.39, 0.29) is 58.6 Å². The highest BCUT2D eigenvalue weighted by molar-refractivity contribution is 6.00. The van der Waals surface area contributed by atoms with Crippen molar-refractivity contribution in [3.05, 3.63) is 23.0 Å². The highest BCUT2D eigenvalue weighted by Crippen LogP contribution is 2.43. The number of nitrogen functional groups attached to an aromatic ring is 2. The monoisotopic (exact) mass is 605 g/mol. The van der Waals surface area contributed by atoms with Crippen LogP contribution in [-0.4, -0.2) is 81.4 Å². The first-order valence-electron chi connectivity index (χ1n) is 14.5. The topological polar surface area (TPSA) is 131 Å². The zero-order chi connectivity index (χ0) is 30.3. The Kier molecular flexibility index (Phi) is 6.54. The van der Waals surface area contributed by atoms with Gasteiger partial charge in [0.2, 0.25) is 0 Å². The number of fused-ring (bicyclic) bond motifs is 4. The van der Waals surface area contributed by atoms with E-state index in [4.69, 9.17) is 16.2 Å². The van der Waals surface area contributed by atoms with Gasteiger partial charge < -0.3 is 26.4 Å². The highest BCUT2D eigenvalue weighted by atomic mass is 19.4. The lowest BCUT2D eigenvalue weighted by Gasteiger charge is -2.34. The molecule has 15 heteroatoms. The van der Waals surface area contributed by atoms with E-state index in [1.54, 1.807) is 0 Å². The van der Waals surface area contributed by atoms with Crippen molar-refractivity contribution in [2.45, 2.75) is 69.0 Å². The van der Waals surface area contributed by atoms with Gasteiger partial charge in [0.15, 0.2) is 5.82 Å². The molecule has 2 bridgehead atoms. The molecule has 4 atom stereocenters. The largest absolute Gasteiger partial charge is 0.461 e. The van der Waals surface area contributed by atoms with Crippen LogP contribution in [0.15, 0.2) is 6.07 Å². The second-order valence-corrected chi connectivity index (χ2v) is 12.2. The van der Waals surface area contributed by atoms with Crippen LogP contribution in [0.1, 0.15) is 43.2 Å². The minimum atomic E-state index is -4.87. The van der Waals surface area contributed by atoms with Gasteiger partial charge in [-0.3, -0.25) is 4.90 Å². The molecule has 0 aromatic carbocycles. The number of aromatic nitrogens is 4. The first-order valence-corrected chi connectivity index (χ1v) is 14.5. The summed E-state index contributed by atoms with van der Waals surface area (Å²) < 4.78 is 79.4. The lowest BCUT2D eigenvalue weighted by molar-refractivity contribution is -0.137. The first kappa shape index (κ1) is 28.2. The molecule has 0 aliphatic carbocycles. The molecule has 4 aliphatic heterocycles. The molecule has 4 saturated heterocycles. The maximum absolute atomic E-state index is 16.5. The summed E-state index contributed by atoms with van der Waals surface area (Å²) in [5.74, 6) is -1.33. The van der Waals surface area contributed by atoms with Crippen LogP contribution in [-0.2, 0) is 6.18 Å². The number of nitrogens with two attached hydrogens (primary N) is 2. The van der Waals surface area contributed by atoms with Crippen molar-refractivity contribution in [2.75, 3.05) is 49.2 Å². The summed E-state index contributed by atoms with van der Waals surface area (Å²) in [7, 11) is 0. The van der Waals surface area contributed by atoms with Crippen molar-refractivity contribution in [3.8, 4) is 17.4 Å². The van der Waals surface area contributed by atoms with Crippen molar-refractivity contribution < 1.29 is 26.7 Å². The van der Waals surface area contributed by atoms with Crippen LogP contribution in [0.2, 0.25) is 0 Å². The van der Waals surface area contributed by atoms with Gasteiger partial charge in [0.1, 0.15) is 47.1 Å². The average molecular weight is 606 g/mol. The van der Waals surface area contributed by atoms with Gasteiger partial charge in [0, 0.05) is 38.1 Å². The minimum absolute atomic E-state index is 0.0782. The number of hydrogen-bond acceptors (Lipinski definition) is 10. The molecule has 0 radical (unpaired) electrons. The summed E-state index contributed by atoms with van der Waals surface area (Å²) in [5.41, 5.74) is 8.41. The van der Waals surface area contributed by atoms with Crippen molar-refractivity contribution >= 4 is 28.4 Å². The lowest BCUT2D eigenvalue weighted by Crippen LogP contribution is -2.51. The molecular formula is C28H32F5N9O. The number of aryl methyl sites for hydroxylation is 1. The summed E-state index contributed by atoms with van der Waals surface area (Å²) in [6.07, 6.45) is -1.97. The number of alkyl halides is 4. The summed E-state index contributed by atoms with van der Waals surface area (Å²) in [6.45, 7) is 3.50. The number of anilines is 3. The second kappa shape index (κ2) is 9.97. The molecule has 3 aromatic rings. The Morgan fingerprint density at radius 2 is 1.81 bits per heavy atom. The van der Waals surface area contributed by atoms with Crippen LogP contribution in [0, 0.1) is 12.7 Å². The third kappa shape index (κ3) is 4.76.